The van der Waals surface area contributed by atoms with E-state index in [2.05, 4.69) is 22.2 Å². The Bertz CT molecular complexity index is 407. The molecule has 0 spiro atoms. The van der Waals surface area contributed by atoms with Crippen LogP contribution in [0, 0.1) is 0 Å². The van der Waals surface area contributed by atoms with E-state index in [-0.39, 0.29) is 11.8 Å². The average Bonchev–Trinajstić information content (AvgIpc) is 2.36. The molecule has 1 rings (SSSR count). The number of nitrogens with one attached hydrogen (secondary N) is 1. The summed E-state index contributed by atoms with van der Waals surface area (Å²) in [5.41, 5.74) is 4.26. The van der Waals surface area contributed by atoms with Gasteiger partial charge in [0, 0.05) is 12.6 Å². The molecule has 0 saturated heterocycles. The number of unbranched alkanes of at least 4 members (excludes halogenated alkanes) is 5. The minimum Gasteiger partial charge on any atom is -0.370 e. The summed E-state index contributed by atoms with van der Waals surface area (Å²) in [5.74, 6) is -0.247. The van der Waals surface area contributed by atoms with Crippen LogP contribution >= 0.6 is 0 Å². The number of aromatic nitrogens is 2. The zero-order valence-corrected chi connectivity index (χ0v) is 11.6. The maximum absolute atomic E-state index is 12.5. The summed E-state index contributed by atoms with van der Waals surface area (Å²) in [4.78, 5) is 6.94. The summed E-state index contributed by atoms with van der Waals surface area (Å²) in [6, 6.07) is 0.882. The van der Waals surface area contributed by atoms with E-state index in [0.717, 1.165) is 25.3 Å². The van der Waals surface area contributed by atoms with Gasteiger partial charge in [-0.2, -0.15) is 18.2 Å². The predicted octanol–water partition coefficient (Wildman–Crippen LogP) is 3.85. The van der Waals surface area contributed by atoms with Gasteiger partial charge in [0.1, 0.15) is 5.82 Å². The van der Waals surface area contributed by atoms with Gasteiger partial charge in [-0.15, -0.1) is 0 Å². The second-order valence-electron chi connectivity index (χ2n) is 4.69. The molecule has 0 radical (unpaired) electrons. The molecular formula is C13H21F3N4. The molecule has 7 heteroatoms. The van der Waals surface area contributed by atoms with Crippen LogP contribution in [0.5, 0.6) is 0 Å². The van der Waals surface area contributed by atoms with Crippen LogP contribution < -0.4 is 11.1 Å². The number of hydrogen-bond donors (Lipinski definition) is 2. The van der Waals surface area contributed by atoms with Crippen LogP contribution in [0.2, 0.25) is 0 Å². The van der Waals surface area contributed by atoms with Crippen molar-refractivity contribution in [1.29, 1.82) is 0 Å². The van der Waals surface area contributed by atoms with E-state index in [0.29, 0.717) is 6.54 Å². The first-order chi connectivity index (χ1) is 9.43. The van der Waals surface area contributed by atoms with Crippen LogP contribution in [0.15, 0.2) is 6.07 Å². The fourth-order valence-electron chi connectivity index (χ4n) is 1.82. The van der Waals surface area contributed by atoms with E-state index in [1.54, 1.807) is 0 Å². The summed E-state index contributed by atoms with van der Waals surface area (Å²) in [5, 5.41) is 2.86. The second-order valence-corrected chi connectivity index (χ2v) is 4.69. The highest BCUT2D eigenvalue weighted by Gasteiger charge is 2.33. The van der Waals surface area contributed by atoms with Crippen molar-refractivity contribution < 1.29 is 13.2 Å². The Kier molecular flexibility index (Phi) is 6.54. The van der Waals surface area contributed by atoms with Gasteiger partial charge in [0.2, 0.25) is 5.95 Å². The zero-order chi connectivity index (χ0) is 15.0. The fraction of sp³-hybridized carbons (Fsp3) is 0.692. The van der Waals surface area contributed by atoms with Gasteiger partial charge in [-0.3, -0.25) is 0 Å². The van der Waals surface area contributed by atoms with Gasteiger partial charge in [-0.1, -0.05) is 39.0 Å². The Morgan fingerprint density at radius 2 is 1.75 bits per heavy atom. The lowest BCUT2D eigenvalue weighted by Gasteiger charge is -2.10. The molecule has 20 heavy (non-hydrogen) atoms. The molecule has 0 aromatic carbocycles. The molecule has 1 aromatic rings. The lowest BCUT2D eigenvalue weighted by Crippen LogP contribution is -2.13. The van der Waals surface area contributed by atoms with E-state index < -0.39 is 11.9 Å². The number of nitrogens with two attached hydrogens (primary N) is 1. The molecule has 3 N–H and O–H groups in total. The van der Waals surface area contributed by atoms with Gasteiger partial charge < -0.3 is 11.1 Å². The minimum atomic E-state index is -4.51. The number of nitrogen functional groups attached to an aromatic ring is 1. The third-order valence-corrected chi connectivity index (χ3v) is 2.87. The van der Waals surface area contributed by atoms with Crippen molar-refractivity contribution >= 4 is 11.8 Å². The summed E-state index contributed by atoms with van der Waals surface area (Å²) in [6.07, 6.45) is 2.22. The summed E-state index contributed by atoms with van der Waals surface area (Å²) < 4.78 is 37.6. The Labute approximate surface area is 117 Å². The molecular weight excluding hydrogens is 269 g/mol. The first kappa shape index (κ1) is 16.5. The van der Waals surface area contributed by atoms with E-state index in [9.17, 15) is 13.2 Å². The molecule has 0 aliphatic rings. The van der Waals surface area contributed by atoms with Crippen LogP contribution in [0.3, 0.4) is 0 Å². The molecule has 0 aliphatic carbocycles. The average molecular weight is 290 g/mol. The molecule has 0 bridgehead atoms. The molecule has 1 aromatic heterocycles. The van der Waals surface area contributed by atoms with Gasteiger partial charge >= 0.3 is 6.18 Å². The fourth-order valence-corrected chi connectivity index (χ4v) is 1.82. The van der Waals surface area contributed by atoms with Crippen molar-refractivity contribution in [3.63, 3.8) is 0 Å². The number of halogens is 3. The van der Waals surface area contributed by atoms with Crippen molar-refractivity contribution in [2.75, 3.05) is 17.6 Å². The predicted molar refractivity (Wildman–Crippen MR) is 73.3 cm³/mol. The van der Waals surface area contributed by atoms with E-state index in [4.69, 9.17) is 5.73 Å². The Balaban J connectivity index is 2.39. The maximum atomic E-state index is 12.5. The van der Waals surface area contributed by atoms with Crippen molar-refractivity contribution in [3.05, 3.63) is 11.8 Å². The van der Waals surface area contributed by atoms with Crippen molar-refractivity contribution in [3.8, 4) is 0 Å². The first-order valence-corrected chi connectivity index (χ1v) is 6.89. The van der Waals surface area contributed by atoms with Gasteiger partial charge in [-0.25, -0.2) is 4.98 Å². The van der Waals surface area contributed by atoms with Gasteiger partial charge in [0.15, 0.2) is 5.69 Å². The van der Waals surface area contributed by atoms with Crippen LogP contribution in [-0.4, -0.2) is 16.5 Å². The summed E-state index contributed by atoms with van der Waals surface area (Å²) in [7, 11) is 0. The molecule has 0 saturated carbocycles. The largest absolute Gasteiger partial charge is 0.433 e. The van der Waals surface area contributed by atoms with E-state index in [1.807, 2.05) is 0 Å². The summed E-state index contributed by atoms with van der Waals surface area (Å²) >= 11 is 0. The van der Waals surface area contributed by atoms with Gasteiger partial charge in [-0.05, 0) is 6.42 Å². The molecule has 0 aliphatic heterocycles. The smallest absolute Gasteiger partial charge is 0.370 e. The standard InChI is InChI=1S/C13H21F3N4/c1-2-3-4-5-6-7-8-18-11-9-10(13(14,15)16)19-12(17)20-11/h9H,2-8H2,1H3,(H3,17,18,19,20). The third-order valence-electron chi connectivity index (χ3n) is 2.87. The number of nitrogens with zero attached hydrogens (tertiary/aromatic N) is 2. The second kappa shape index (κ2) is 7.91. The molecule has 114 valence electrons. The third kappa shape index (κ3) is 6.08. The van der Waals surface area contributed by atoms with E-state index in [1.165, 1.54) is 19.3 Å². The number of rotatable bonds is 8. The maximum Gasteiger partial charge on any atom is 0.433 e. The number of alkyl halides is 3. The summed E-state index contributed by atoms with van der Waals surface area (Å²) in [6.45, 7) is 2.74. The zero-order valence-electron chi connectivity index (χ0n) is 11.6. The molecule has 0 amide bonds. The van der Waals surface area contributed by atoms with Gasteiger partial charge in [0.25, 0.3) is 0 Å². The van der Waals surface area contributed by atoms with Crippen LogP contribution in [-0.2, 0) is 6.18 Å². The van der Waals surface area contributed by atoms with Crippen molar-refractivity contribution in [2.45, 2.75) is 51.6 Å². The topological polar surface area (TPSA) is 63.8 Å². The molecule has 4 nitrogen and oxygen atoms in total. The highest BCUT2D eigenvalue weighted by Crippen LogP contribution is 2.29. The van der Waals surface area contributed by atoms with Crippen LogP contribution in [0.25, 0.3) is 0 Å². The van der Waals surface area contributed by atoms with Crippen molar-refractivity contribution in [2.24, 2.45) is 0 Å². The minimum absolute atomic E-state index is 0.124. The molecule has 0 fully saturated rings. The normalized spacial score (nSPS) is 11.6. The lowest BCUT2D eigenvalue weighted by atomic mass is 10.1. The molecule has 0 unspecified atom stereocenters. The van der Waals surface area contributed by atoms with Crippen LogP contribution in [0.1, 0.15) is 51.1 Å². The SMILES string of the molecule is CCCCCCCCNc1cc(C(F)(F)F)nc(N)n1. The Morgan fingerprint density at radius 1 is 1.10 bits per heavy atom. The molecule has 0 atom stereocenters. The number of hydrogen-bond acceptors (Lipinski definition) is 4. The Hall–Kier alpha value is -1.53. The quantitative estimate of drug-likeness (QED) is 0.714. The Morgan fingerprint density at radius 3 is 2.40 bits per heavy atom. The first-order valence-electron chi connectivity index (χ1n) is 6.89. The highest BCUT2D eigenvalue weighted by atomic mass is 19.4. The molecule has 1 heterocycles. The lowest BCUT2D eigenvalue weighted by molar-refractivity contribution is -0.141. The van der Waals surface area contributed by atoms with E-state index >= 15 is 0 Å². The highest BCUT2D eigenvalue weighted by molar-refractivity contribution is 5.41. The van der Waals surface area contributed by atoms with Crippen LogP contribution in [0.4, 0.5) is 24.9 Å². The van der Waals surface area contributed by atoms with Crippen molar-refractivity contribution in [1.82, 2.24) is 9.97 Å². The van der Waals surface area contributed by atoms with Gasteiger partial charge in [0.05, 0.1) is 0 Å². The monoisotopic (exact) mass is 290 g/mol. The number of anilines is 2.